The minimum absolute atomic E-state index is 0.182. The Bertz CT molecular complexity index is 1090. The number of carbonyl (C=O) groups excluding carboxylic acids is 1. The Kier molecular flexibility index (Phi) is 5.11. The van der Waals surface area contributed by atoms with Crippen molar-refractivity contribution < 1.29 is 27.1 Å². The molecule has 0 atom stereocenters. The lowest BCUT2D eigenvalue weighted by molar-refractivity contribution is -0.139. The van der Waals surface area contributed by atoms with Crippen molar-refractivity contribution in [2.45, 2.75) is 12.7 Å². The predicted molar refractivity (Wildman–Crippen MR) is 99.1 cm³/mol. The Hall–Kier alpha value is -3.49. The van der Waals surface area contributed by atoms with Gasteiger partial charge in [0.15, 0.2) is 0 Å². The zero-order chi connectivity index (χ0) is 21.3. The highest BCUT2D eigenvalue weighted by molar-refractivity contribution is 5.98. The van der Waals surface area contributed by atoms with Gasteiger partial charge in [0, 0.05) is 12.4 Å². The average Bonchev–Trinajstić information content (AvgIpc) is 2.86. The number of hydrogen-bond donors (Lipinski definition) is 0. The fraction of sp³-hybridized carbons (Fsp3) is 0.190. The first-order valence-corrected chi connectivity index (χ1v) is 9.02. The van der Waals surface area contributed by atoms with Gasteiger partial charge in [-0.1, -0.05) is 12.1 Å². The van der Waals surface area contributed by atoms with E-state index >= 15 is 0 Å². The zero-order valence-corrected chi connectivity index (χ0v) is 15.5. The summed E-state index contributed by atoms with van der Waals surface area (Å²) in [4.78, 5) is 22.8. The molecule has 0 radical (unpaired) electrons. The number of amides is 1. The van der Waals surface area contributed by atoms with E-state index in [-0.39, 0.29) is 30.2 Å². The van der Waals surface area contributed by atoms with Crippen molar-refractivity contribution in [3.05, 3.63) is 77.6 Å². The van der Waals surface area contributed by atoms with Crippen LogP contribution in [0.4, 0.5) is 17.6 Å². The van der Waals surface area contributed by atoms with Crippen molar-refractivity contribution in [3.8, 4) is 16.9 Å². The molecule has 1 aliphatic heterocycles. The molecular formula is C21H15F4N3O2. The maximum atomic E-state index is 14.0. The summed E-state index contributed by atoms with van der Waals surface area (Å²) >= 11 is 0. The molecule has 1 aliphatic rings. The first-order valence-electron chi connectivity index (χ1n) is 9.02. The molecule has 1 amide bonds. The zero-order valence-electron chi connectivity index (χ0n) is 15.5. The third-order valence-corrected chi connectivity index (χ3v) is 4.68. The maximum Gasteiger partial charge on any atom is 0.419 e. The van der Waals surface area contributed by atoms with Gasteiger partial charge in [-0.05, 0) is 41.5 Å². The number of ether oxygens (including phenoxy) is 1. The third kappa shape index (κ3) is 3.96. The number of benzene rings is 2. The highest BCUT2D eigenvalue weighted by Crippen LogP contribution is 2.35. The quantitative estimate of drug-likeness (QED) is 0.595. The summed E-state index contributed by atoms with van der Waals surface area (Å²) in [6.07, 6.45) is -1.63. The van der Waals surface area contributed by atoms with Crippen molar-refractivity contribution in [3.63, 3.8) is 0 Å². The molecule has 2 aromatic carbocycles. The summed E-state index contributed by atoms with van der Waals surface area (Å²) in [5.74, 6) is -0.882. The lowest BCUT2D eigenvalue weighted by Crippen LogP contribution is -2.32. The second-order valence-electron chi connectivity index (χ2n) is 6.64. The first-order chi connectivity index (χ1) is 14.3. The molecule has 0 saturated carbocycles. The molecule has 1 aromatic heterocycles. The molecule has 5 nitrogen and oxygen atoms in total. The molecule has 2 heterocycles. The molecule has 0 fully saturated rings. The summed E-state index contributed by atoms with van der Waals surface area (Å²) in [7, 11) is 0. The van der Waals surface area contributed by atoms with Crippen LogP contribution in [0.1, 0.15) is 21.7 Å². The molecule has 0 aliphatic carbocycles. The van der Waals surface area contributed by atoms with E-state index in [2.05, 4.69) is 9.97 Å². The number of carbonyl (C=O) groups is 1. The SMILES string of the molecule is O=C1c2cc(-c3ccc(C(F)(F)F)c(F)c3)ccc2OCCN1Cc1ncccn1. The van der Waals surface area contributed by atoms with Crippen molar-refractivity contribution in [2.75, 3.05) is 13.2 Å². The molecule has 9 heteroatoms. The van der Waals surface area contributed by atoms with Gasteiger partial charge in [-0.15, -0.1) is 0 Å². The van der Waals surface area contributed by atoms with Crippen molar-refractivity contribution in [1.29, 1.82) is 0 Å². The van der Waals surface area contributed by atoms with Crippen molar-refractivity contribution in [2.24, 2.45) is 0 Å². The Morgan fingerprint density at radius 3 is 2.43 bits per heavy atom. The van der Waals surface area contributed by atoms with E-state index in [1.165, 1.54) is 17.0 Å². The number of halogens is 4. The summed E-state index contributed by atoms with van der Waals surface area (Å²) in [5, 5.41) is 0. The molecule has 0 bridgehead atoms. The molecule has 30 heavy (non-hydrogen) atoms. The van der Waals surface area contributed by atoms with Crippen LogP contribution < -0.4 is 4.74 Å². The topological polar surface area (TPSA) is 55.3 Å². The maximum absolute atomic E-state index is 14.0. The van der Waals surface area contributed by atoms with Crippen LogP contribution in [0.15, 0.2) is 54.9 Å². The number of fused-ring (bicyclic) bond motifs is 1. The van der Waals surface area contributed by atoms with Crippen LogP contribution in [0, 0.1) is 5.82 Å². The summed E-state index contributed by atoms with van der Waals surface area (Å²) in [6, 6.07) is 8.96. The summed E-state index contributed by atoms with van der Waals surface area (Å²) in [6.45, 7) is 0.761. The van der Waals surface area contributed by atoms with Gasteiger partial charge >= 0.3 is 6.18 Å². The van der Waals surface area contributed by atoms with Gasteiger partial charge in [0.25, 0.3) is 5.91 Å². The predicted octanol–water partition coefficient (Wildman–Crippen LogP) is 4.34. The second kappa shape index (κ2) is 7.74. The molecule has 154 valence electrons. The summed E-state index contributed by atoms with van der Waals surface area (Å²) in [5.41, 5.74) is -0.481. The van der Waals surface area contributed by atoms with Gasteiger partial charge in [-0.25, -0.2) is 14.4 Å². The fourth-order valence-electron chi connectivity index (χ4n) is 3.20. The van der Waals surface area contributed by atoms with Gasteiger partial charge in [-0.2, -0.15) is 13.2 Å². The fourth-order valence-corrected chi connectivity index (χ4v) is 3.20. The average molecular weight is 417 g/mol. The Morgan fingerprint density at radius 2 is 1.73 bits per heavy atom. The minimum atomic E-state index is -4.78. The van der Waals surface area contributed by atoms with E-state index in [0.717, 1.165) is 6.07 Å². The molecule has 4 rings (SSSR count). The molecule has 0 spiro atoms. The second-order valence-corrected chi connectivity index (χ2v) is 6.64. The van der Waals surface area contributed by atoms with Crippen LogP contribution in [0.3, 0.4) is 0 Å². The Labute approximate surface area is 169 Å². The van der Waals surface area contributed by atoms with Crippen LogP contribution in [0.25, 0.3) is 11.1 Å². The van der Waals surface area contributed by atoms with Crippen LogP contribution in [0.5, 0.6) is 5.75 Å². The van der Waals surface area contributed by atoms with E-state index < -0.39 is 17.6 Å². The molecule has 0 unspecified atom stereocenters. The Morgan fingerprint density at radius 1 is 1.03 bits per heavy atom. The first kappa shape index (κ1) is 19.8. The highest BCUT2D eigenvalue weighted by Gasteiger charge is 2.34. The highest BCUT2D eigenvalue weighted by atomic mass is 19.4. The smallest absolute Gasteiger partial charge is 0.419 e. The van der Waals surface area contributed by atoms with Crippen LogP contribution in [0.2, 0.25) is 0 Å². The molecule has 0 saturated heterocycles. The number of rotatable bonds is 3. The largest absolute Gasteiger partial charge is 0.491 e. The van der Waals surface area contributed by atoms with Crippen LogP contribution >= 0.6 is 0 Å². The van der Waals surface area contributed by atoms with Gasteiger partial charge < -0.3 is 9.64 Å². The van der Waals surface area contributed by atoms with Crippen molar-refractivity contribution >= 4 is 5.91 Å². The normalized spacial score (nSPS) is 14.1. The van der Waals surface area contributed by atoms with E-state index in [0.29, 0.717) is 29.7 Å². The molecular weight excluding hydrogens is 402 g/mol. The van der Waals surface area contributed by atoms with Gasteiger partial charge in [0.05, 0.1) is 24.2 Å². The van der Waals surface area contributed by atoms with Crippen molar-refractivity contribution in [1.82, 2.24) is 14.9 Å². The van der Waals surface area contributed by atoms with Crippen LogP contribution in [-0.4, -0.2) is 33.9 Å². The van der Waals surface area contributed by atoms with E-state index in [1.54, 1.807) is 30.6 Å². The number of nitrogens with zero attached hydrogens (tertiary/aromatic N) is 3. The molecule has 0 N–H and O–H groups in total. The number of alkyl halides is 3. The number of hydrogen-bond acceptors (Lipinski definition) is 4. The number of aromatic nitrogens is 2. The van der Waals surface area contributed by atoms with E-state index in [1.807, 2.05) is 0 Å². The van der Waals surface area contributed by atoms with E-state index in [4.69, 9.17) is 4.74 Å². The van der Waals surface area contributed by atoms with Crippen LogP contribution in [-0.2, 0) is 12.7 Å². The molecule has 3 aromatic rings. The summed E-state index contributed by atoms with van der Waals surface area (Å²) < 4.78 is 58.1. The van der Waals surface area contributed by atoms with Gasteiger partial charge in [0.1, 0.15) is 24.0 Å². The van der Waals surface area contributed by atoms with Gasteiger partial charge in [-0.3, -0.25) is 4.79 Å². The monoisotopic (exact) mass is 417 g/mol. The van der Waals surface area contributed by atoms with E-state index in [9.17, 15) is 22.4 Å². The minimum Gasteiger partial charge on any atom is -0.491 e. The Balaban J connectivity index is 1.66. The standard InChI is InChI=1S/C21H15F4N3O2/c22-17-11-14(2-4-16(17)21(23,24)25)13-3-5-18-15(10-13)20(29)28(8-9-30-18)12-19-26-6-1-7-27-19/h1-7,10-11H,8-9,12H2. The lowest BCUT2D eigenvalue weighted by Gasteiger charge is -2.19. The van der Waals surface area contributed by atoms with Gasteiger partial charge in [0.2, 0.25) is 0 Å². The lowest BCUT2D eigenvalue weighted by atomic mass is 10.00. The third-order valence-electron chi connectivity index (χ3n) is 4.68.